The molecule has 0 bridgehead atoms. The highest BCUT2D eigenvalue weighted by Gasteiger charge is 2.55. The van der Waals surface area contributed by atoms with Gasteiger partial charge in [-0.1, -0.05) is 12.1 Å². The number of esters is 1. The van der Waals surface area contributed by atoms with E-state index < -0.39 is 57.9 Å². The minimum absolute atomic E-state index is 0.0116. The van der Waals surface area contributed by atoms with E-state index in [1.54, 1.807) is 20.8 Å². The summed E-state index contributed by atoms with van der Waals surface area (Å²) in [6, 6.07) is 5.22. The molecule has 0 spiro atoms. The molecule has 0 aliphatic carbocycles. The summed E-state index contributed by atoms with van der Waals surface area (Å²) >= 11 is 0. The molecule has 1 unspecified atom stereocenters. The van der Waals surface area contributed by atoms with Crippen molar-refractivity contribution in [1.29, 1.82) is 0 Å². The molecule has 0 saturated heterocycles. The van der Waals surface area contributed by atoms with Gasteiger partial charge in [-0.3, -0.25) is 14.8 Å². The summed E-state index contributed by atoms with van der Waals surface area (Å²) in [4.78, 5) is 49.7. The van der Waals surface area contributed by atoms with Crippen LogP contribution in [0.5, 0.6) is 0 Å². The van der Waals surface area contributed by atoms with Crippen LogP contribution in [0.15, 0.2) is 47.9 Å². The highest BCUT2D eigenvalue weighted by Crippen LogP contribution is 2.31. The van der Waals surface area contributed by atoms with Gasteiger partial charge in [0.2, 0.25) is 0 Å². The maximum Gasteiger partial charge on any atom is 0.519 e. The molecule has 2 aromatic rings. The normalized spacial score (nSPS) is 17.8. The number of nitrogens with zero attached hydrogens (tertiary/aromatic N) is 3. The number of hydroxylamine groups is 2. The summed E-state index contributed by atoms with van der Waals surface area (Å²) in [5.41, 5.74) is -3.17. The highest BCUT2D eigenvalue weighted by atomic mass is 32.2. The predicted octanol–water partition coefficient (Wildman–Crippen LogP) is 1.62. The van der Waals surface area contributed by atoms with E-state index in [1.807, 2.05) is 0 Å². The standard InChI is InChI=1S/C23H27N3O11S/c1-13-16(36-21(30)35-13)12-34-17(27)11-25-19(28)23(5,26(31)20(29)37-22(2,3)4)18(24-25)14-7-9-15(10-8-14)38(6,32)33/h7-10,31H,11-12H2,1-6H3. The first-order chi connectivity index (χ1) is 17.4. The molecule has 1 atom stereocenters. The number of ether oxygens (including phenoxy) is 2. The number of aryl methyl sites for hydroxylation is 1. The summed E-state index contributed by atoms with van der Waals surface area (Å²) in [5.74, 6) is -2.82. The third-order valence-electron chi connectivity index (χ3n) is 5.36. The number of amides is 2. The molecule has 1 aromatic heterocycles. The van der Waals surface area contributed by atoms with Crippen LogP contribution in [-0.2, 0) is 35.5 Å². The summed E-state index contributed by atoms with van der Waals surface area (Å²) in [5, 5.41) is 15.7. The second-order valence-electron chi connectivity index (χ2n) is 9.57. The smallest absolute Gasteiger partial charge is 0.456 e. The van der Waals surface area contributed by atoms with E-state index in [9.17, 15) is 32.8 Å². The van der Waals surface area contributed by atoms with E-state index in [4.69, 9.17) is 13.9 Å². The zero-order valence-corrected chi connectivity index (χ0v) is 22.3. The lowest BCUT2D eigenvalue weighted by molar-refractivity contribution is -0.166. The molecule has 0 fully saturated rings. The number of rotatable bonds is 7. The van der Waals surface area contributed by atoms with E-state index in [2.05, 4.69) is 9.52 Å². The van der Waals surface area contributed by atoms with Gasteiger partial charge in [0.1, 0.15) is 17.9 Å². The van der Waals surface area contributed by atoms with Crippen molar-refractivity contribution in [2.75, 3.05) is 12.8 Å². The van der Waals surface area contributed by atoms with Crippen molar-refractivity contribution in [3.8, 4) is 0 Å². The van der Waals surface area contributed by atoms with Crippen LogP contribution in [0.25, 0.3) is 0 Å². The summed E-state index contributed by atoms with van der Waals surface area (Å²) < 4.78 is 43.4. The van der Waals surface area contributed by atoms with Crippen LogP contribution in [0.3, 0.4) is 0 Å². The van der Waals surface area contributed by atoms with Crippen molar-refractivity contribution in [2.45, 2.75) is 57.3 Å². The highest BCUT2D eigenvalue weighted by molar-refractivity contribution is 7.90. The van der Waals surface area contributed by atoms with E-state index in [1.165, 1.54) is 38.1 Å². The topological polar surface area (TPSA) is 186 Å². The molecule has 206 valence electrons. The number of carbonyl (C=O) groups excluding carboxylic acids is 3. The lowest BCUT2D eigenvalue weighted by atomic mass is 9.90. The summed E-state index contributed by atoms with van der Waals surface area (Å²) in [7, 11) is -3.54. The predicted molar refractivity (Wildman–Crippen MR) is 128 cm³/mol. The van der Waals surface area contributed by atoms with Gasteiger partial charge in [-0.05, 0) is 46.8 Å². The van der Waals surface area contributed by atoms with Gasteiger partial charge in [0, 0.05) is 11.8 Å². The van der Waals surface area contributed by atoms with E-state index in [0.29, 0.717) is 5.01 Å². The second kappa shape index (κ2) is 10.1. The van der Waals surface area contributed by atoms with Crippen LogP contribution < -0.4 is 5.82 Å². The van der Waals surface area contributed by atoms with Crippen LogP contribution in [0, 0.1) is 6.92 Å². The number of benzene rings is 1. The minimum atomic E-state index is -3.54. The molecule has 1 aliphatic heterocycles. The molecule has 14 nitrogen and oxygen atoms in total. The average Bonchev–Trinajstić information content (AvgIpc) is 3.26. The molecule has 3 rings (SSSR count). The summed E-state index contributed by atoms with van der Waals surface area (Å²) in [6.45, 7) is 6.11. The Labute approximate surface area is 217 Å². The maximum atomic E-state index is 13.4. The van der Waals surface area contributed by atoms with E-state index in [0.717, 1.165) is 6.26 Å². The van der Waals surface area contributed by atoms with Crippen molar-refractivity contribution >= 4 is 33.5 Å². The zero-order chi connectivity index (χ0) is 28.6. The van der Waals surface area contributed by atoms with Crippen molar-refractivity contribution in [3.05, 3.63) is 52.0 Å². The Hall–Kier alpha value is -3.98. The number of hydrazone groups is 1. The fraction of sp³-hybridized carbons (Fsp3) is 0.435. The minimum Gasteiger partial charge on any atom is -0.456 e. The van der Waals surface area contributed by atoms with Crippen LogP contribution in [0.2, 0.25) is 0 Å². The molecular weight excluding hydrogens is 526 g/mol. The largest absolute Gasteiger partial charge is 0.519 e. The average molecular weight is 554 g/mol. The Kier molecular flexibility index (Phi) is 7.57. The van der Waals surface area contributed by atoms with Crippen molar-refractivity contribution in [1.82, 2.24) is 10.1 Å². The Morgan fingerprint density at radius 1 is 1.16 bits per heavy atom. The number of hydrogen-bond donors (Lipinski definition) is 1. The lowest BCUT2D eigenvalue weighted by Crippen LogP contribution is -2.59. The Morgan fingerprint density at radius 3 is 2.26 bits per heavy atom. The Balaban J connectivity index is 1.93. The molecule has 1 N–H and O–H groups in total. The van der Waals surface area contributed by atoms with Crippen LogP contribution in [0.1, 0.15) is 44.8 Å². The third kappa shape index (κ3) is 5.94. The second-order valence-corrected chi connectivity index (χ2v) is 11.6. The lowest BCUT2D eigenvalue weighted by Gasteiger charge is -2.33. The molecule has 0 radical (unpaired) electrons. The molecular formula is C23H27N3O11S. The SMILES string of the molecule is Cc1oc(=O)oc1COC(=O)CN1N=C(c2ccc(S(C)(=O)=O)cc2)C(C)(N(O)C(=O)OC(C)(C)C)C1=O. The van der Waals surface area contributed by atoms with Crippen LogP contribution >= 0.6 is 0 Å². The summed E-state index contributed by atoms with van der Waals surface area (Å²) in [6.07, 6.45) is -0.242. The fourth-order valence-electron chi connectivity index (χ4n) is 3.42. The van der Waals surface area contributed by atoms with Gasteiger partial charge in [0.25, 0.3) is 5.91 Å². The number of carbonyl (C=O) groups is 3. The molecule has 15 heteroatoms. The van der Waals surface area contributed by atoms with Gasteiger partial charge in [0.15, 0.2) is 33.5 Å². The molecule has 38 heavy (non-hydrogen) atoms. The molecule has 2 heterocycles. The van der Waals surface area contributed by atoms with Crippen molar-refractivity contribution in [3.63, 3.8) is 0 Å². The van der Waals surface area contributed by atoms with E-state index in [-0.39, 0.29) is 32.8 Å². The van der Waals surface area contributed by atoms with Gasteiger partial charge in [-0.25, -0.2) is 23.0 Å². The first kappa shape index (κ1) is 28.6. The Morgan fingerprint density at radius 2 is 1.76 bits per heavy atom. The first-order valence-corrected chi connectivity index (χ1v) is 13.0. The van der Waals surface area contributed by atoms with Gasteiger partial charge < -0.3 is 18.3 Å². The molecule has 0 saturated carbocycles. The fourth-order valence-corrected chi connectivity index (χ4v) is 4.05. The molecule has 1 aliphatic rings. The van der Waals surface area contributed by atoms with Crippen LogP contribution in [-0.4, -0.2) is 71.3 Å². The van der Waals surface area contributed by atoms with E-state index >= 15 is 0 Å². The van der Waals surface area contributed by atoms with Crippen LogP contribution in [0.4, 0.5) is 4.79 Å². The van der Waals surface area contributed by atoms with Gasteiger partial charge in [-0.2, -0.15) is 10.2 Å². The van der Waals surface area contributed by atoms with Crippen molar-refractivity contribution in [2.24, 2.45) is 5.10 Å². The zero-order valence-electron chi connectivity index (χ0n) is 21.5. The molecule has 2 amide bonds. The van der Waals surface area contributed by atoms with Gasteiger partial charge in [-0.15, -0.1) is 0 Å². The van der Waals surface area contributed by atoms with Crippen molar-refractivity contribution < 1.29 is 46.3 Å². The monoisotopic (exact) mass is 553 g/mol. The first-order valence-electron chi connectivity index (χ1n) is 11.1. The quantitative estimate of drug-likeness (QED) is 0.298. The maximum absolute atomic E-state index is 13.4. The van der Waals surface area contributed by atoms with Gasteiger partial charge in [0.05, 0.1) is 4.90 Å². The number of hydrogen-bond acceptors (Lipinski definition) is 12. The molecule has 1 aromatic carbocycles. The Bertz CT molecular complexity index is 1450. The third-order valence-corrected chi connectivity index (χ3v) is 6.49. The van der Waals surface area contributed by atoms with Gasteiger partial charge >= 0.3 is 17.9 Å². The number of sulfone groups is 1.